The Hall–Kier alpha value is -3.31. The predicted octanol–water partition coefficient (Wildman–Crippen LogP) is 6.43. The van der Waals surface area contributed by atoms with E-state index in [-0.39, 0.29) is 12.5 Å². The minimum atomic E-state index is -0.283. The van der Waals surface area contributed by atoms with E-state index in [1.54, 1.807) is 18.3 Å². The molecule has 0 spiro atoms. The summed E-state index contributed by atoms with van der Waals surface area (Å²) in [5, 5.41) is 3.16. The molecule has 3 aromatic carbocycles. The van der Waals surface area contributed by atoms with Gasteiger partial charge in [0.2, 0.25) is 0 Å². The second-order valence-electron chi connectivity index (χ2n) is 7.52. The number of nitrogens with zero attached hydrogens (tertiary/aromatic N) is 1. The van der Waals surface area contributed by atoms with Gasteiger partial charge in [0.05, 0.1) is 17.3 Å². The van der Waals surface area contributed by atoms with Crippen molar-refractivity contribution < 1.29 is 14.3 Å². The van der Waals surface area contributed by atoms with Gasteiger partial charge in [-0.15, -0.1) is 0 Å². The number of rotatable bonds is 8. The summed E-state index contributed by atoms with van der Waals surface area (Å²) in [6.07, 6.45) is 1.74. The maximum Gasteiger partial charge on any atom is 0.262 e. The molecular weight excluding hydrogens is 424 g/mol. The van der Waals surface area contributed by atoms with Crippen LogP contribution in [0.25, 0.3) is 0 Å². The van der Waals surface area contributed by atoms with E-state index < -0.39 is 0 Å². The highest BCUT2D eigenvalue weighted by atomic mass is 35.5. The molecule has 1 N–H and O–H groups in total. The van der Waals surface area contributed by atoms with E-state index >= 15 is 0 Å². The van der Waals surface area contributed by atoms with Gasteiger partial charge >= 0.3 is 0 Å². The van der Waals surface area contributed by atoms with Crippen molar-refractivity contribution in [1.82, 2.24) is 0 Å². The molecule has 0 bridgehead atoms. The van der Waals surface area contributed by atoms with Crippen LogP contribution in [-0.2, 0) is 4.79 Å². The van der Waals surface area contributed by atoms with Crippen LogP contribution in [0.4, 0.5) is 11.4 Å². The summed E-state index contributed by atoms with van der Waals surface area (Å²) >= 11 is 6.47. The lowest BCUT2D eigenvalue weighted by atomic mass is 10.1. The number of halogens is 1. The van der Waals surface area contributed by atoms with E-state index in [0.29, 0.717) is 28.8 Å². The Morgan fingerprint density at radius 3 is 2.56 bits per heavy atom. The topological polar surface area (TPSA) is 59.9 Å². The van der Waals surface area contributed by atoms with Crippen LogP contribution in [0.3, 0.4) is 0 Å². The lowest BCUT2D eigenvalue weighted by Gasteiger charge is -2.14. The molecule has 0 heterocycles. The Morgan fingerprint density at radius 1 is 1.03 bits per heavy atom. The molecule has 3 rings (SSSR count). The van der Waals surface area contributed by atoms with Gasteiger partial charge in [-0.2, -0.15) is 0 Å². The van der Waals surface area contributed by atoms with Crippen LogP contribution in [0.15, 0.2) is 59.6 Å². The van der Waals surface area contributed by atoms with Crippen molar-refractivity contribution in [3.05, 3.63) is 81.9 Å². The molecular formula is C26H27ClN2O3. The van der Waals surface area contributed by atoms with E-state index in [2.05, 4.69) is 16.4 Å². The van der Waals surface area contributed by atoms with Gasteiger partial charge in [-0.3, -0.25) is 9.79 Å². The van der Waals surface area contributed by atoms with Crippen LogP contribution in [0.5, 0.6) is 11.5 Å². The third-order valence-electron chi connectivity index (χ3n) is 4.70. The lowest BCUT2D eigenvalue weighted by molar-refractivity contribution is -0.118. The fraction of sp³-hybridized carbons (Fsp3) is 0.231. The highest BCUT2D eigenvalue weighted by Crippen LogP contribution is 2.36. The molecule has 0 aromatic heterocycles. The van der Waals surface area contributed by atoms with Gasteiger partial charge in [0.15, 0.2) is 18.1 Å². The lowest BCUT2D eigenvalue weighted by Crippen LogP contribution is -2.20. The van der Waals surface area contributed by atoms with Crippen molar-refractivity contribution in [2.24, 2.45) is 4.99 Å². The van der Waals surface area contributed by atoms with Crippen LogP contribution in [0, 0.1) is 20.8 Å². The molecule has 32 heavy (non-hydrogen) atoms. The maximum absolute atomic E-state index is 12.3. The fourth-order valence-electron chi connectivity index (χ4n) is 3.13. The van der Waals surface area contributed by atoms with Crippen LogP contribution in [0.2, 0.25) is 5.02 Å². The number of benzene rings is 3. The molecule has 0 atom stereocenters. The summed E-state index contributed by atoms with van der Waals surface area (Å²) in [6, 6.07) is 17.2. The highest BCUT2D eigenvalue weighted by molar-refractivity contribution is 6.32. The number of aliphatic imine (C=N–C) groups is 1. The van der Waals surface area contributed by atoms with Crippen molar-refractivity contribution in [2.45, 2.75) is 27.7 Å². The smallest absolute Gasteiger partial charge is 0.262 e. The standard InChI is InChI=1S/C26H27ClN2O3/c1-5-31-24-14-20(15-28-23-12-18(3)9-10-19(23)4)13-22(27)26(24)32-16-25(30)29-21-8-6-7-17(2)11-21/h6-15H,5,16H2,1-4H3,(H,29,30). The number of carbonyl (C=O) groups excluding carboxylic acids is 1. The zero-order valence-corrected chi connectivity index (χ0v) is 19.5. The van der Waals surface area contributed by atoms with E-state index in [1.165, 1.54) is 0 Å². The summed E-state index contributed by atoms with van der Waals surface area (Å²) in [5.41, 5.74) is 5.67. The summed E-state index contributed by atoms with van der Waals surface area (Å²) in [4.78, 5) is 16.9. The molecule has 0 unspecified atom stereocenters. The van der Waals surface area contributed by atoms with Crippen molar-refractivity contribution in [1.29, 1.82) is 0 Å². The Kier molecular flexibility index (Phi) is 7.90. The molecule has 0 aliphatic rings. The Morgan fingerprint density at radius 2 is 1.81 bits per heavy atom. The average Bonchev–Trinajstić information content (AvgIpc) is 2.74. The Bertz CT molecular complexity index is 1140. The first-order chi connectivity index (χ1) is 15.4. The largest absolute Gasteiger partial charge is 0.490 e. The van der Waals surface area contributed by atoms with Crippen molar-refractivity contribution in [3.63, 3.8) is 0 Å². The maximum atomic E-state index is 12.3. The number of amides is 1. The third kappa shape index (κ3) is 6.34. The molecule has 0 saturated carbocycles. The molecule has 0 aliphatic heterocycles. The number of nitrogens with one attached hydrogen (secondary N) is 1. The van der Waals surface area contributed by atoms with E-state index in [4.69, 9.17) is 21.1 Å². The van der Waals surface area contributed by atoms with Crippen LogP contribution >= 0.6 is 11.6 Å². The van der Waals surface area contributed by atoms with Gasteiger partial charge in [-0.1, -0.05) is 35.9 Å². The summed E-state index contributed by atoms with van der Waals surface area (Å²) in [7, 11) is 0. The molecule has 0 fully saturated rings. The first-order valence-electron chi connectivity index (χ1n) is 10.4. The third-order valence-corrected chi connectivity index (χ3v) is 4.98. The van der Waals surface area contributed by atoms with Crippen molar-refractivity contribution >= 4 is 35.1 Å². The first-order valence-corrected chi connectivity index (χ1v) is 10.8. The Labute approximate surface area is 194 Å². The molecule has 1 amide bonds. The molecule has 0 radical (unpaired) electrons. The van der Waals surface area contributed by atoms with Crippen LogP contribution in [-0.4, -0.2) is 25.3 Å². The molecule has 0 aliphatic carbocycles. The zero-order chi connectivity index (χ0) is 23.1. The normalized spacial score (nSPS) is 10.9. The van der Waals surface area contributed by atoms with Gasteiger partial charge in [-0.25, -0.2) is 0 Å². The van der Waals surface area contributed by atoms with E-state index in [9.17, 15) is 4.79 Å². The number of carbonyl (C=O) groups is 1. The van der Waals surface area contributed by atoms with Gasteiger partial charge in [-0.05, 0) is 80.3 Å². The molecule has 0 saturated heterocycles. The number of anilines is 1. The number of hydrogen-bond donors (Lipinski definition) is 1. The summed E-state index contributed by atoms with van der Waals surface area (Å²) in [6.45, 7) is 8.13. The summed E-state index contributed by atoms with van der Waals surface area (Å²) in [5.74, 6) is 0.511. The fourth-order valence-corrected chi connectivity index (χ4v) is 3.40. The number of ether oxygens (including phenoxy) is 2. The van der Waals surface area contributed by atoms with Crippen LogP contribution < -0.4 is 14.8 Å². The Balaban J connectivity index is 1.75. The van der Waals surface area contributed by atoms with Gasteiger partial charge in [0.25, 0.3) is 5.91 Å². The van der Waals surface area contributed by atoms with E-state index in [1.807, 2.05) is 64.1 Å². The molecule has 166 valence electrons. The SMILES string of the molecule is CCOc1cc(C=Nc2cc(C)ccc2C)cc(Cl)c1OCC(=O)Nc1cccc(C)c1. The van der Waals surface area contributed by atoms with Crippen LogP contribution in [0.1, 0.15) is 29.2 Å². The zero-order valence-electron chi connectivity index (χ0n) is 18.7. The van der Waals surface area contributed by atoms with Gasteiger partial charge in [0, 0.05) is 11.9 Å². The second kappa shape index (κ2) is 10.8. The van der Waals surface area contributed by atoms with Crippen molar-refractivity contribution in [2.75, 3.05) is 18.5 Å². The van der Waals surface area contributed by atoms with Crippen molar-refractivity contribution in [3.8, 4) is 11.5 Å². The van der Waals surface area contributed by atoms with Gasteiger partial charge < -0.3 is 14.8 Å². The molecule has 6 heteroatoms. The molecule has 3 aromatic rings. The summed E-state index contributed by atoms with van der Waals surface area (Å²) < 4.78 is 11.4. The van der Waals surface area contributed by atoms with E-state index in [0.717, 1.165) is 27.9 Å². The number of hydrogen-bond acceptors (Lipinski definition) is 4. The number of aryl methyl sites for hydroxylation is 3. The molecule has 5 nitrogen and oxygen atoms in total. The average molecular weight is 451 g/mol. The first kappa shape index (κ1) is 23.4. The minimum absolute atomic E-state index is 0.191. The van der Waals surface area contributed by atoms with Gasteiger partial charge in [0.1, 0.15) is 0 Å². The highest BCUT2D eigenvalue weighted by Gasteiger charge is 2.14. The minimum Gasteiger partial charge on any atom is -0.490 e. The monoisotopic (exact) mass is 450 g/mol. The quantitative estimate of drug-likeness (QED) is 0.402. The second-order valence-corrected chi connectivity index (χ2v) is 7.92. The predicted molar refractivity (Wildman–Crippen MR) is 131 cm³/mol.